The van der Waals surface area contributed by atoms with E-state index in [9.17, 15) is 4.79 Å². The lowest BCUT2D eigenvalue weighted by Gasteiger charge is -1.83. The van der Waals surface area contributed by atoms with Crippen LogP contribution in [0.1, 0.15) is 19.8 Å². The standard InChI is InChI=1S/C8H10O/c1-7-2-3-8(6-7)4-5-9/h4-6H,2-3H2,1H3/b8-4-. The largest absolute Gasteiger partial charge is 0.299 e. The van der Waals surface area contributed by atoms with Crippen LogP contribution in [-0.4, -0.2) is 6.29 Å². The molecule has 0 N–H and O–H groups in total. The zero-order valence-electron chi connectivity index (χ0n) is 5.55. The Kier molecular flexibility index (Phi) is 1.83. The maximum Gasteiger partial charge on any atom is 0.143 e. The molecule has 0 saturated heterocycles. The van der Waals surface area contributed by atoms with Crippen LogP contribution >= 0.6 is 0 Å². The maximum absolute atomic E-state index is 9.96. The minimum atomic E-state index is 0.852. The topological polar surface area (TPSA) is 17.1 Å². The molecule has 1 nitrogen and oxygen atoms in total. The van der Waals surface area contributed by atoms with Gasteiger partial charge in [-0.3, -0.25) is 4.79 Å². The molecule has 1 aliphatic carbocycles. The second kappa shape index (κ2) is 2.62. The zero-order chi connectivity index (χ0) is 6.69. The Bertz CT molecular complexity index is 172. The monoisotopic (exact) mass is 122 g/mol. The van der Waals surface area contributed by atoms with E-state index >= 15 is 0 Å². The fourth-order valence-electron chi connectivity index (χ4n) is 1.02. The average Bonchev–Trinajstić information content (AvgIpc) is 2.17. The molecule has 0 unspecified atom stereocenters. The summed E-state index contributed by atoms with van der Waals surface area (Å²) in [6, 6.07) is 0. The molecule has 1 rings (SSSR count). The molecule has 0 spiro atoms. The lowest BCUT2D eigenvalue weighted by atomic mass is 10.2. The first-order valence-electron chi connectivity index (χ1n) is 3.14. The van der Waals surface area contributed by atoms with Gasteiger partial charge in [0.1, 0.15) is 6.29 Å². The average molecular weight is 122 g/mol. The Morgan fingerprint density at radius 2 is 2.33 bits per heavy atom. The van der Waals surface area contributed by atoms with Crippen molar-refractivity contribution in [2.45, 2.75) is 19.8 Å². The summed E-state index contributed by atoms with van der Waals surface area (Å²) in [4.78, 5) is 9.96. The molecule has 0 radical (unpaired) electrons. The molecule has 0 bridgehead atoms. The maximum atomic E-state index is 9.96. The Hall–Kier alpha value is -0.850. The quantitative estimate of drug-likeness (QED) is 0.383. The summed E-state index contributed by atoms with van der Waals surface area (Å²) in [6.07, 6.45) is 6.74. The summed E-state index contributed by atoms with van der Waals surface area (Å²) >= 11 is 0. The van der Waals surface area contributed by atoms with Crippen LogP contribution < -0.4 is 0 Å². The lowest BCUT2D eigenvalue weighted by Crippen LogP contribution is -1.69. The second-order valence-corrected chi connectivity index (χ2v) is 2.37. The summed E-state index contributed by atoms with van der Waals surface area (Å²) in [5.74, 6) is 0. The Morgan fingerprint density at radius 3 is 2.78 bits per heavy atom. The van der Waals surface area contributed by atoms with Crippen LogP contribution in [0.4, 0.5) is 0 Å². The van der Waals surface area contributed by atoms with E-state index in [4.69, 9.17) is 0 Å². The fourth-order valence-corrected chi connectivity index (χ4v) is 1.02. The number of aldehydes is 1. The highest BCUT2D eigenvalue weighted by Gasteiger charge is 2.02. The zero-order valence-corrected chi connectivity index (χ0v) is 5.55. The molecule has 0 aliphatic heterocycles. The van der Waals surface area contributed by atoms with Gasteiger partial charge in [0.25, 0.3) is 0 Å². The van der Waals surface area contributed by atoms with E-state index in [0.29, 0.717) is 0 Å². The summed E-state index contributed by atoms with van der Waals surface area (Å²) in [7, 11) is 0. The van der Waals surface area contributed by atoms with Crippen LogP contribution in [0.5, 0.6) is 0 Å². The van der Waals surface area contributed by atoms with Crippen LogP contribution in [0.25, 0.3) is 0 Å². The molecule has 0 aromatic carbocycles. The molecule has 0 fully saturated rings. The molecular formula is C8H10O. The van der Waals surface area contributed by atoms with Gasteiger partial charge in [0.15, 0.2) is 0 Å². The first kappa shape index (κ1) is 6.27. The molecule has 0 saturated carbocycles. The third-order valence-electron chi connectivity index (χ3n) is 1.52. The molecule has 48 valence electrons. The van der Waals surface area contributed by atoms with Gasteiger partial charge in [-0.05, 0) is 31.4 Å². The molecular weight excluding hydrogens is 112 g/mol. The highest BCUT2D eigenvalue weighted by atomic mass is 16.1. The smallest absolute Gasteiger partial charge is 0.143 e. The van der Waals surface area contributed by atoms with Crippen LogP contribution in [0.3, 0.4) is 0 Å². The van der Waals surface area contributed by atoms with Gasteiger partial charge in [-0.15, -0.1) is 0 Å². The Morgan fingerprint density at radius 1 is 1.56 bits per heavy atom. The van der Waals surface area contributed by atoms with Crippen LogP contribution in [0.2, 0.25) is 0 Å². The van der Waals surface area contributed by atoms with E-state index in [0.717, 1.165) is 19.1 Å². The second-order valence-electron chi connectivity index (χ2n) is 2.37. The number of carbonyl (C=O) groups excluding carboxylic acids is 1. The van der Waals surface area contributed by atoms with E-state index in [1.54, 1.807) is 6.08 Å². The van der Waals surface area contributed by atoms with E-state index in [-0.39, 0.29) is 0 Å². The van der Waals surface area contributed by atoms with E-state index in [1.807, 2.05) is 0 Å². The number of hydrogen-bond acceptors (Lipinski definition) is 1. The molecule has 0 aromatic rings. The van der Waals surface area contributed by atoms with Gasteiger partial charge in [0, 0.05) is 0 Å². The van der Waals surface area contributed by atoms with Gasteiger partial charge in [-0.2, -0.15) is 0 Å². The van der Waals surface area contributed by atoms with Crippen LogP contribution in [-0.2, 0) is 4.79 Å². The molecule has 0 heterocycles. The van der Waals surface area contributed by atoms with Crippen LogP contribution in [0.15, 0.2) is 23.3 Å². The van der Waals surface area contributed by atoms with Crippen molar-refractivity contribution in [3.05, 3.63) is 23.3 Å². The first-order chi connectivity index (χ1) is 4.33. The SMILES string of the molecule is CC1=C/C(=C\C=O)CC1. The van der Waals surface area contributed by atoms with Crippen molar-refractivity contribution in [2.24, 2.45) is 0 Å². The van der Waals surface area contributed by atoms with Crippen molar-refractivity contribution < 1.29 is 4.79 Å². The van der Waals surface area contributed by atoms with Crippen molar-refractivity contribution in [3.63, 3.8) is 0 Å². The summed E-state index contributed by atoms with van der Waals surface area (Å²) in [5, 5.41) is 0. The number of carbonyl (C=O) groups is 1. The van der Waals surface area contributed by atoms with Crippen molar-refractivity contribution >= 4 is 6.29 Å². The molecule has 1 aliphatic rings. The summed E-state index contributed by atoms with van der Waals surface area (Å²) < 4.78 is 0. The van der Waals surface area contributed by atoms with Gasteiger partial charge >= 0.3 is 0 Å². The molecule has 9 heavy (non-hydrogen) atoms. The molecule has 0 amide bonds. The van der Waals surface area contributed by atoms with E-state index in [2.05, 4.69) is 13.0 Å². The van der Waals surface area contributed by atoms with Crippen LogP contribution in [0, 0.1) is 0 Å². The van der Waals surface area contributed by atoms with Gasteiger partial charge in [-0.1, -0.05) is 11.6 Å². The van der Waals surface area contributed by atoms with Crippen molar-refractivity contribution in [2.75, 3.05) is 0 Å². The van der Waals surface area contributed by atoms with Crippen molar-refractivity contribution in [1.29, 1.82) is 0 Å². The molecule has 1 heteroatoms. The molecule has 0 aromatic heterocycles. The van der Waals surface area contributed by atoms with E-state index in [1.165, 1.54) is 11.1 Å². The van der Waals surface area contributed by atoms with Gasteiger partial charge in [0.2, 0.25) is 0 Å². The van der Waals surface area contributed by atoms with Gasteiger partial charge < -0.3 is 0 Å². The fraction of sp³-hybridized carbons (Fsp3) is 0.375. The van der Waals surface area contributed by atoms with Gasteiger partial charge in [-0.25, -0.2) is 0 Å². The lowest BCUT2D eigenvalue weighted by molar-refractivity contribution is -0.104. The first-order valence-corrected chi connectivity index (χ1v) is 3.14. The van der Waals surface area contributed by atoms with Gasteiger partial charge in [0.05, 0.1) is 0 Å². The minimum Gasteiger partial charge on any atom is -0.299 e. The number of rotatable bonds is 1. The highest BCUT2D eigenvalue weighted by Crippen LogP contribution is 2.21. The summed E-state index contributed by atoms with van der Waals surface area (Å²) in [5.41, 5.74) is 2.55. The number of allylic oxidation sites excluding steroid dienone is 4. The third-order valence-corrected chi connectivity index (χ3v) is 1.52. The molecule has 0 atom stereocenters. The van der Waals surface area contributed by atoms with Crippen molar-refractivity contribution in [3.8, 4) is 0 Å². The highest BCUT2D eigenvalue weighted by molar-refractivity contribution is 5.67. The Labute approximate surface area is 55.1 Å². The third kappa shape index (κ3) is 1.53. The predicted molar refractivity (Wildman–Crippen MR) is 37.1 cm³/mol. The van der Waals surface area contributed by atoms with E-state index < -0.39 is 0 Å². The number of hydrogen-bond donors (Lipinski definition) is 0. The summed E-state index contributed by atoms with van der Waals surface area (Å²) in [6.45, 7) is 2.09. The normalized spacial score (nSPS) is 22.3. The predicted octanol–water partition coefficient (Wildman–Crippen LogP) is 1.85. The minimum absolute atomic E-state index is 0.852. The van der Waals surface area contributed by atoms with Crippen molar-refractivity contribution in [1.82, 2.24) is 0 Å². The Balaban J connectivity index is 2.67.